The zero-order valence-electron chi connectivity index (χ0n) is 10.9. The van der Waals surface area contributed by atoms with Crippen LogP contribution >= 0.6 is 0 Å². The minimum atomic E-state index is 0.254. The fraction of sp³-hybridized carbons (Fsp3) is 0.769. The summed E-state index contributed by atoms with van der Waals surface area (Å²) in [6, 6.07) is 0. The number of nitrogens with zero attached hydrogens (tertiary/aromatic N) is 2. The lowest BCUT2D eigenvalue weighted by Crippen LogP contribution is -2.30. The Hall–Kier alpha value is -0.870. The van der Waals surface area contributed by atoms with E-state index < -0.39 is 0 Å². The Bertz CT molecular complexity index is 331. The molecule has 4 heteroatoms. The molecule has 96 valence electrons. The van der Waals surface area contributed by atoms with Gasteiger partial charge in [0.15, 0.2) is 0 Å². The van der Waals surface area contributed by atoms with Gasteiger partial charge < -0.3 is 14.6 Å². The molecule has 1 N–H and O–H groups in total. The van der Waals surface area contributed by atoms with Crippen LogP contribution in [0.1, 0.15) is 38.3 Å². The molecular weight excluding hydrogens is 214 g/mol. The highest BCUT2D eigenvalue weighted by Crippen LogP contribution is 2.23. The van der Waals surface area contributed by atoms with Gasteiger partial charge in [0, 0.05) is 37.5 Å². The van der Waals surface area contributed by atoms with E-state index in [9.17, 15) is 0 Å². The Balaban J connectivity index is 2.00. The normalized spacial score (nSPS) is 22.6. The van der Waals surface area contributed by atoms with Crippen LogP contribution in [-0.2, 0) is 11.3 Å². The lowest BCUT2D eigenvalue weighted by Gasteiger charge is -2.24. The predicted octanol–water partition coefficient (Wildman–Crippen LogP) is 1.78. The molecule has 2 heterocycles. The van der Waals surface area contributed by atoms with Crippen LogP contribution in [-0.4, -0.2) is 35.4 Å². The predicted molar refractivity (Wildman–Crippen MR) is 68.2 cm³/mol. The molecule has 2 atom stereocenters. The van der Waals surface area contributed by atoms with E-state index in [1.807, 2.05) is 19.4 Å². The molecule has 0 aliphatic carbocycles. The van der Waals surface area contributed by atoms with Gasteiger partial charge in [-0.3, -0.25) is 0 Å². The highest BCUT2D eigenvalue weighted by atomic mass is 16.5. The van der Waals surface area contributed by atoms with Gasteiger partial charge in [0.05, 0.1) is 12.4 Å². The van der Waals surface area contributed by atoms with Crippen molar-refractivity contribution >= 4 is 0 Å². The van der Waals surface area contributed by atoms with Gasteiger partial charge in [-0.15, -0.1) is 0 Å². The largest absolute Gasteiger partial charge is 0.377 e. The first-order valence-electron chi connectivity index (χ1n) is 6.63. The van der Waals surface area contributed by atoms with Crippen LogP contribution in [0, 0.1) is 0 Å². The van der Waals surface area contributed by atoms with Crippen molar-refractivity contribution < 1.29 is 4.74 Å². The molecule has 4 nitrogen and oxygen atoms in total. The zero-order chi connectivity index (χ0) is 12.1. The highest BCUT2D eigenvalue weighted by molar-refractivity contribution is 5.08. The minimum Gasteiger partial charge on any atom is -0.377 e. The Morgan fingerprint density at radius 1 is 1.65 bits per heavy atom. The second-order valence-electron chi connectivity index (χ2n) is 4.78. The van der Waals surface area contributed by atoms with Gasteiger partial charge in [-0.2, -0.15) is 0 Å². The summed E-state index contributed by atoms with van der Waals surface area (Å²) < 4.78 is 7.84. The molecule has 0 saturated carbocycles. The van der Waals surface area contributed by atoms with E-state index in [1.54, 1.807) is 0 Å². The average Bonchev–Trinajstić information content (AvgIpc) is 2.78. The molecule has 0 bridgehead atoms. The van der Waals surface area contributed by atoms with Crippen molar-refractivity contribution in [1.82, 2.24) is 14.9 Å². The Morgan fingerprint density at radius 2 is 2.53 bits per heavy atom. The van der Waals surface area contributed by atoms with Gasteiger partial charge in [0.25, 0.3) is 0 Å². The van der Waals surface area contributed by atoms with Crippen molar-refractivity contribution in [2.24, 2.45) is 0 Å². The van der Waals surface area contributed by atoms with Crippen molar-refractivity contribution in [1.29, 1.82) is 0 Å². The van der Waals surface area contributed by atoms with Crippen LogP contribution in [0.25, 0.3) is 0 Å². The lowest BCUT2D eigenvalue weighted by atomic mass is 9.96. The molecule has 0 aromatic carbocycles. The number of ether oxygens (including phenoxy) is 1. The maximum absolute atomic E-state index is 5.59. The molecule has 0 spiro atoms. The first-order chi connectivity index (χ1) is 8.31. The topological polar surface area (TPSA) is 39.1 Å². The van der Waals surface area contributed by atoms with Crippen LogP contribution in [0.3, 0.4) is 0 Å². The number of piperidine rings is 1. The van der Waals surface area contributed by atoms with Crippen molar-refractivity contribution in [3.63, 3.8) is 0 Å². The van der Waals surface area contributed by atoms with Gasteiger partial charge >= 0.3 is 0 Å². The summed E-state index contributed by atoms with van der Waals surface area (Å²) in [7, 11) is 0. The lowest BCUT2D eigenvalue weighted by molar-refractivity contribution is 0.0631. The Labute approximate surface area is 103 Å². The van der Waals surface area contributed by atoms with Crippen LogP contribution in [0.2, 0.25) is 0 Å². The average molecular weight is 237 g/mol. The summed E-state index contributed by atoms with van der Waals surface area (Å²) >= 11 is 0. The number of rotatable bonds is 5. The number of imidazole rings is 1. The summed E-state index contributed by atoms with van der Waals surface area (Å²) in [5, 5.41) is 3.46. The standard InChI is InChI=1S/C13H23N3O/c1-3-17-11(2)9-16-10-15-8-13(16)12-5-4-6-14-7-12/h8,10-12,14H,3-7,9H2,1-2H3. The summed E-state index contributed by atoms with van der Waals surface area (Å²) in [5.41, 5.74) is 1.35. The zero-order valence-corrected chi connectivity index (χ0v) is 10.9. The summed E-state index contributed by atoms with van der Waals surface area (Å²) in [5.74, 6) is 0.611. The smallest absolute Gasteiger partial charge is 0.0949 e. The maximum Gasteiger partial charge on any atom is 0.0949 e. The monoisotopic (exact) mass is 237 g/mol. The molecule has 2 unspecified atom stereocenters. The number of hydrogen-bond donors (Lipinski definition) is 1. The van der Waals surface area contributed by atoms with Gasteiger partial charge in [0.2, 0.25) is 0 Å². The number of nitrogens with one attached hydrogen (secondary N) is 1. The van der Waals surface area contributed by atoms with E-state index in [1.165, 1.54) is 18.5 Å². The van der Waals surface area contributed by atoms with Crippen LogP contribution in [0.5, 0.6) is 0 Å². The minimum absolute atomic E-state index is 0.254. The first-order valence-corrected chi connectivity index (χ1v) is 6.63. The summed E-state index contributed by atoms with van der Waals surface area (Å²) in [6.45, 7) is 8.06. The molecule has 1 fully saturated rings. The van der Waals surface area contributed by atoms with E-state index in [0.29, 0.717) is 5.92 Å². The molecule has 17 heavy (non-hydrogen) atoms. The van der Waals surface area contributed by atoms with E-state index in [2.05, 4.69) is 21.8 Å². The van der Waals surface area contributed by atoms with Gasteiger partial charge in [-0.1, -0.05) is 0 Å². The van der Waals surface area contributed by atoms with E-state index in [0.717, 1.165) is 26.2 Å². The van der Waals surface area contributed by atoms with Crippen LogP contribution in [0.15, 0.2) is 12.5 Å². The van der Waals surface area contributed by atoms with Crippen molar-refractivity contribution in [2.45, 2.75) is 45.3 Å². The summed E-state index contributed by atoms with van der Waals surface area (Å²) in [4.78, 5) is 4.29. The SMILES string of the molecule is CCOC(C)Cn1cncc1C1CCCNC1. The van der Waals surface area contributed by atoms with E-state index in [4.69, 9.17) is 4.74 Å². The molecule has 0 amide bonds. The second kappa shape index (κ2) is 6.17. The highest BCUT2D eigenvalue weighted by Gasteiger charge is 2.19. The van der Waals surface area contributed by atoms with Crippen molar-refractivity contribution in [2.75, 3.05) is 19.7 Å². The third-order valence-corrected chi connectivity index (χ3v) is 3.36. The third-order valence-electron chi connectivity index (χ3n) is 3.36. The quantitative estimate of drug-likeness (QED) is 0.848. The van der Waals surface area contributed by atoms with Crippen molar-refractivity contribution in [3.05, 3.63) is 18.2 Å². The fourth-order valence-electron chi connectivity index (χ4n) is 2.54. The Kier molecular flexibility index (Phi) is 4.57. The fourth-order valence-corrected chi connectivity index (χ4v) is 2.54. The molecule has 1 aromatic heterocycles. The molecule has 2 rings (SSSR count). The Morgan fingerprint density at radius 3 is 3.24 bits per heavy atom. The molecule has 1 saturated heterocycles. The summed E-state index contributed by atoms with van der Waals surface area (Å²) in [6.07, 6.45) is 6.72. The van der Waals surface area contributed by atoms with E-state index >= 15 is 0 Å². The molecule has 1 aliphatic heterocycles. The third kappa shape index (κ3) is 3.30. The number of aromatic nitrogens is 2. The van der Waals surface area contributed by atoms with Gasteiger partial charge in [0.1, 0.15) is 0 Å². The van der Waals surface area contributed by atoms with E-state index in [-0.39, 0.29) is 6.10 Å². The van der Waals surface area contributed by atoms with Gasteiger partial charge in [-0.05, 0) is 33.2 Å². The molecular formula is C13H23N3O. The second-order valence-corrected chi connectivity index (χ2v) is 4.78. The molecule has 1 aromatic rings. The van der Waals surface area contributed by atoms with Crippen LogP contribution < -0.4 is 5.32 Å². The molecule has 0 radical (unpaired) electrons. The van der Waals surface area contributed by atoms with Crippen LogP contribution in [0.4, 0.5) is 0 Å². The van der Waals surface area contributed by atoms with Crippen molar-refractivity contribution in [3.8, 4) is 0 Å². The maximum atomic E-state index is 5.59. The van der Waals surface area contributed by atoms with Gasteiger partial charge in [-0.25, -0.2) is 4.98 Å². The first kappa shape index (κ1) is 12.6. The number of hydrogen-bond acceptors (Lipinski definition) is 3. The molecule has 1 aliphatic rings.